The van der Waals surface area contributed by atoms with E-state index in [1.807, 2.05) is 67.6 Å². The van der Waals surface area contributed by atoms with Gasteiger partial charge < -0.3 is 33.9 Å². The van der Waals surface area contributed by atoms with E-state index in [-0.39, 0.29) is 26.4 Å². The topological polar surface area (TPSA) is 104 Å². The molecule has 1 heterocycles. The summed E-state index contributed by atoms with van der Waals surface area (Å²) in [6.07, 6.45) is 0.873. The highest BCUT2D eigenvalue weighted by molar-refractivity contribution is 5.73. The highest BCUT2D eigenvalue weighted by Crippen LogP contribution is 2.59. The number of hydrogen-bond acceptors (Lipinski definition) is 7. The maximum Gasteiger partial charge on any atom is 0.306 e. The summed E-state index contributed by atoms with van der Waals surface area (Å²) in [7, 11) is 1.60. The van der Waals surface area contributed by atoms with Crippen molar-refractivity contribution in [2.75, 3.05) is 33.7 Å². The van der Waals surface area contributed by atoms with Gasteiger partial charge in [-0.1, -0.05) is 31.2 Å². The molecule has 2 atom stereocenters. The van der Waals surface area contributed by atoms with Crippen LogP contribution in [0.5, 0.6) is 23.0 Å². The van der Waals surface area contributed by atoms with Gasteiger partial charge in [-0.15, -0.1) is 0 Å². The van der Waals surface area contributed by atoms with Crippen molar-refractivity contribution < 1.29 is 38.7 Å². The molecule has 0 saturated carbocycles. The number of carboxylic acids is 1. The summed E-state index contributed by atoms with van der Waals surface area (Å²) in [5.74, 6) is 1.60. The molecule has 0 aromatic heterocycles. The van der Waals surface area contributed by atoms with Crippen LogP contribution in [-0.2, 0) is 21.4 Å². The summed E-state index contributed by atoms with van der Waals surface area (Å²) in [5, 5.41) is 20.0. The zero-order valence-electron chi connectivity index (χ0n) is 21.6. The SMILES string of the molecule is CCCOc1ccc2c(c1)CC(CC(=O)O)(OCCO)C2(c1ccc(OC)cc1)c1ccc2c(c1)OCO2. The van der Waals surface area contributed by atoms with Crippen LogP contribution in [0.4, 0.5) is 0 Å². The molecule has 1 aliphatic carbocycles. The minimum atomic E-state index is -1.27. The van der Waals surface area contributed by atoms with Gasteiger partial charge >= 0.3 is 5.97 Å². The van der Waals surface area contributed by atoms with Crippen molar-refractivity contribution in [2.24, 2.45) is 0 Å². The van der Waals surface area contributed by atoms with Crippen LogP contribution in [0.2, 0.25) is 0 Å². The van der Waals surface area contributed by atoms with E-state index in [1.165, 1.54) is 0 Å². The van der Waals surface area contributed by atoms with Gasteiger partial charge in [-0.25, -0.2) is 0 Å². The fourth-order valence-corrected chi connectivity index (χ4v) is 5.94. The van der Waals surface area contributed by atoms with Crippen LogP contribution in [-0.4, -0.2) is 55.5 Å². The van der Waals surface area contributed by atoms with E-state index in [0.717, 1.165) is 28.7 Å². The molecule has 1 aliphatic heterocycles. The highest BCUT2D eigenvalue weighted by atomic mass is 16.7. The third-order valence-electron chi connectivity index (χ3n) is 7.35. The van der Waals surface area contributed by atoms with E-state index in [4.69, 9.17) is 23.7 Å². The number of aliphatic carboxylic acids is 1. The molecule has 2 aliphatic rings. The molecule has 0 saturated heterocycles. The quantitative estimate of drug-likeness (QED) is 0.385. The molecule has 0 radical (unpaired) electrons. The third kappa shape index (κ3) is 4.23. The zero-order chi connectivity index (χ0) is 26.8. The van der Waals surface area contributed by atoms with Crippen LogP contribution in [0.3, 0.4) is 0 Å². The van der Waals surface area contributed by atoms with E-state index in [2.05, 4.69) is 0 Å². The standard InChI is InChI=1S/C30H32O8/c1-3-13-35-24-9-10-25-20(15-24)17-29(18-28(32)33,38-14-12-31)30(25,21-4-7-23(34-2)8-5-21)22-6-11-26-27(16-22)37-19-36-26/h4-11,15-16,31H,3,12-14,17-19H2,1-2H3,(H,32,33). The molecule has 0 spiro atoms. The minimum Gasteiger partial charge on any atom is -0.497 e. The summed E-state index contributed by atoms with van der Waals surface area (Å²) in [5.41, 5.74) is 1.13. The Morgan fingerprint density at radius 3 is 2.39 bits per heavy atom. The molecule has 0 amide bonds. The van der Waals surface area contributed by atoms with Crippen LogP contribution in [0, 0.1) is 0 Å². The largest absolute Gasteiger partial charge is 0.497 e. The van der Waals surface area contributed by atoms with Crippen LogP contribution in [0.1, 0.15) is 42.0 Å². The monoisotopic (exact) mass is 520 g/mol. The van der Waals surface area contributed by atoms with E-state index in [9.17, 15) is 15.0 Å². The number of carboxylic acid groups (broad SMARTS) is 1. The van der Waals surface area contributed by atoms with Gasteiger partial charge in [0.05, 0.1) is 38.8 Å². The van der Waals surface area contributed by atoms with Crippen molar-refractivity contribution in [3.05, 3.63) is 82.9 Å². The lowest BCUT2D eigenvalue weighted by atomic mass is 9.61. The predicted molar refractivity (Wildman–Crippen MR) is 139 cm³/mol. The number of aliphatic hydroxyl groups is 1. The minimum absolute atomic E-state index is 0.0249. The molecule has 8 heteroatoms. The Labute approximate surface area is 221 Å². The lowest BCUT2D eigenvalue weighted by molar-refractivity contribution is -0.150. The molecule has 2 unspecified atom stereocenters. The molecule has 3 aromatic carbocycles. The third-order valence-corrected chi connectivity index (χ3v) is 7.35. The summed E-state index contributed by atoms with van der Waals surface area (Å²) in [6, 6.07) is 19.2. The average molecular weight is 521 g/mol. The molecule has 200 valence electrons. The fraction of sp³-hybridized carbons (Fsp3) is 0.367. The molecular weight excluding hydrogens is 488 g/mol. The zero-order valence-corrected chi connectivity index (χ0v) is 21.6. The second-order valence-corrected chi connectivity index (χ2v) is 9.53. The first kappa shape index (κ1) is 25.9. The molecule has 8 nitrogen and oxygen atoms in total. The van der Waals surface area contributed by atoms with E-state index >= 15 is 0 Å². The first-order valence-electron chi connectivity index (χ1n) is 12.7. The molecule has 38 heavy (non-hydrogen) atoms. The first-order chi connectivity index (χ1) is 18.5. The Balaban J connectivity index is 1.83. The smallest absolute Gasteiger partial charge is 0.306 e. The number of carbonyl (C=O) groups is 1. The first-order valence-corrected chi connectivity index (χ1v) is 12.7. The Morgan fingerprint density at radius 1 is 0.947 bits per heavy atom. The molecular formula is C30H32O8. The molecule has 0 bridgehead atoms. The van der Waals surface area contributed by atoms with Crippen molar-refractivity contribution in [2.45, 2.75) is 37.2 Å². The summed E-state index contributed by atoms with van der Waals surface area (Å²) < 4.78 is 29.1. The van der Waals surface area contributed by atoms with Crippen LogP contribution in [0.25, 0.3) is 0 Å². The lowest BCUT2D eigenvalue weighted by Gasteiger charge is -2.47. The Kier molecular flexibility index (Phi) is 7.19. The van der Waals surface area contributed by atoms with Crippen LogP contribution in [0.15, 0.2) is 60.7 Å². The van der Waals surface area contributed by atoms with E-state index < -0.39 is 17.0 Å². The van der Waals surface area contributed by atoms with E-state index in [1.54, 1.807) is 7.11 Å². The summed E-state index contributed by atoms with van der Waals surface area (Å²) in [4.78, 5) is 12.5. The number of fused-ring (bicyclic) bond motifs is 2. The van der Waals surface area contributed by atoms with Gasteiger partial charge in [0.2, 0.25) is 6.79 Å². The predicted octanol–water partition coefficient (Wildman–Crippen LogP) is 4.33. The second-order valence-electron chi connectivity index (χ2n) is 9.53. The number of rotatable bonds is 11. The van der Waals surface area contributed by atoms with Gasteiger partial charge in [0, 0.05) is 6.42 Å². The van der Waals surface area contributed by atoms with Crippen molar-refractivity contribution in [3.8, 4) is 23.0 Å². The van der Waals surface area contributed by atoms with Crippen LogP contribution >= 0.6 is 0 Å². The van der Waals surface area contributed by atoms with Gasteiger partial charge in [0.1, 0.15) is 17.1 Å². The normalized spacial score (nSPS) is 21.2. The maximum atomic E-state index is 12.5. The number of methoxy groups -OCH3 is 1. The van der Waals surface area contributed by atoms with Gasteiger partial charge in [0.15, 0.2) is 11.5 Å². The van der Waals surface area contributed by atoms with Crippen LogP contribution < -0.4 is 18.9 Å². The number of ether oxygens (including phenoxy) is 5. The molecule has 5 rings (SSSR count). The van der Waals surface area contributed by atoms with Gasteiger partial charge in [-0.2, -0.15) is 0 Å². The molecule has 2 N–H and O–H groups in total. The Morgan fingerprint density at radius 2 is 1.68 bits per heavy atom. The highest BCUT2D eigenvalue weighted by Gasteiger charge is 2.62. The van der Waals surface area contributed by atoms with Gasteiger partial charge in [0.25, 0.3) is 0 Å². The number of benzene rings is 3. The average Bonchev–Trinajstić information content (AvgIpc) is 3.50. The molecule has 3 aromatic rings. The summed E-state index contributed by atoms with van der Waals surface area (Å²) >= 11 is 0. The Bertz CT molecular complexity index is 1300. The number of aliphatic hydroxyl groups excluding tert-OH is 1. The van der Waals surface area contributed by atoms with Crippen molar-refractivity contribution in [1.82, 2.24) is 0 Å². The van der Waals surface area contributed by atoms with Gasteiger partial charge in [-0.3, -0.25) is 4.79 Å². The van der Waals surface area contributed by atoms with Crippen molar-refractivity contribution in [1.29, 1.82) is 0 Å². The van der Waals surface area contributed by atoms with E-state index in [0.29, 0.717) is 36.0 Å². The summed E-state index contributed by atoms with van der Waals surface area (Å²) in [6.45, 7) is 2.46. The lowest BCUT2D eigenvalue weighted by Crippen LogP contribution is -2.54. The number of hydrogen-bond donors (Lipinski definition) is 2. The van der Waals surface area contributed by atoms with Crippen molar-refractivity contribution >= 4 is 5.97 Å². The van der Waals surface area contributed by atoms with Crippen molar-refractivity contribution in [3.63, 3.8) is 0 Å². The fourth-order valence-electron chi connectivity index (χ4n) is 5.94. The second kappa shape index (κ2) is 10.6. The molecule has 0 fully saturated rings. The van der Waals surface area contributed by atoms with Gasteiger partial charge in [-0.05, 0) is 65.1 Å². The maximum absolute atomic E-state index is 12.5. The Hall–Kier alpha value is -3.75.